The molecule has 1 saturated carbocycles. The van der Waals surface area contributed by atoms with Crippen molar-refractivity contribution in [3.63, 3.8) is 0 Å². The highest BCUT2D eigenvalue weighted by Crippen LogP contribution is 2.41. The first-order chi connectivity index (χ1) is 15.6. The fourth-order valence-corrected chi connectivity index (χ4v) is 5.20. The van der Waals surface area contributed by atoms with Gasteiger partial charge in [0, 0.05) is 19.1 Å². The second-order valence-corrected chi connectivity index (χ2v) is 10.0. The number of aromatic nitrogens is 3. The van der Waals surface area contributed by atoms with E-state index in [4.69, 9.17) is 9.47 Å². The number of anilines is 1. The van der Waals surface area contributed by atoms with E-state index in [1.807, 2.05) is 18.2 Å². The van der Waals surface area contributed by atoms with Crippen molar-refractivity contribution in [3.05, 3.63) is 23.8 Å². The third-order valence-corrected chi connectivity index (χ3v) is 7.13. The van der Waals surface area contributed by atoms with E-state index in [2.05, 4.69) is 38.8 Å². The summed E-state index contributed by atoms with van der Waals surface area (Å²) in [4.78, 5) is 15.2. The van der Waals surface area contributed by atoms with Gasteiger partial charge in [-0.1, -0.05) is 31.7 Å². The molecule has 1 aliphatic carbocycles. The average Bonchev–Trinajstić information content (AvgIpc) is 3.31. The third-order valence-electron chi connectivity index (χ3n) is 6.19. The Morgan fingerprint density at radius 3 is 2.62 bits per heavy atom. The molecular weight excluding hydrogens is 426 g/mol. The summed E-state index contributed by atoms with van der Waals surface area (Å²) in [7, 11) is 0. The molecule has 1 atom stereocenters. The van der Waals surface area contributed by atoms with Crippen molar-refractivity contribution in [2.45, 2.75) is 56.8 Å². The van der Waals surface area contributed by atoms with Crippen LogP contribution in [0.4, 0.5) is 5.95 Å². The maximum absolute atomic E-state index is 12.9. The summed E-state index contributed by atoms with van der Waals surface area (Å²) in [5, 5.41) is 13.0. The maximum atomic E-state index is 12.9. The number of hydrogen-bond donors (Lipinski definition) is 1. The molecule has 9 heteroatoms. The minimum absolute atomic E-state index is 0.00309. The Hall–Kier alpha value is -2.42. The van der Waals surface area contributed by atoms with Gasteiger partial charge >= 0.3 is 0 Å². The molecule has 172 valence electrons. The summed E-state index contributed by atoms with van der Waals surface area (Å²) in [6.45, 7) is 7.43. The Morgan fingerprint density at radius 2 is 1.91 bits per heavy atom. The molecule has 1 aromatic heterocycles. The van der Waals surface area contributed by atoms with Crippen LogP contribution in [0.5, 0.6) is 11.5 Å². The van der Waals surface area contributed by atoms with Gasteiger partial charge in [-0.05, 0) is 49.3 Å². The van der Waals surface area contributed by atoms with E-state index in [0.29, 0.717) is 25.0 Å². The van der Waals surface area contributed by atoms with Gasteiger partial charge in [0.2, 0.25) is 11.9 Å². The summed E-state index contributed by atoms with van der Waals surface area (Å²) in [5.74, 6) is 3.04. The van der Waals surface area contributed by atoms with E-state index in [9.17, 15) is 4.79 Å². The fraction of sp³-hybridized carbons (Fsp3) is 0.609. The Labute approximate surface area is 193 Å². The highest BCUT2D eigenvalue weighted by atomic mass is 32.2. The minimum Gasteiger partial charge on any atom is -0.486 e. The van der Waals surface area contributed by atoms with Gasteiger partial charge in [0.05, 0.1) is 11.8 Å². The van der Waals surface area contributed by atoms with Gasteiger partial charge in [-0.3, -0.25) is 9.36 Å². The van der Waals surface area contributed by atoms with Crippen molar-refractivity contribution in [2.75, 3.05) is 37.0 Å². The van der Waals surface area contributed by atoms with Gasteiger partial charge in [-0.25, -0.2) is 0 Å². The van der Waals surface area contributed by atoms with Crippen molar-refractivity contribution >= 4 is 23.6 Å². The molecule has 3 aliphatic rings. The molecule has 32 heavy (non-hydrogen) atoms. The van der Waals surface area contributed by atoms with Gasteiger partial charge in [0.1, 0.15) is 13.2 Å². The zero-order valence-electron chi connectivity index (χ0n) is 18.7. The van der Waals surface area contributed by atoms with E-state index < -0.39 is 0 Å². The van der Waals surface area contributed by atoms with E-state index in [1.165, 1.54) is 24.6 Å². The van der Waals surface area contributed by atoms with Crippen LogP contribution in [0.2, 0.25) is 0 Å². The standard InChI is InChI=1S/C23H31N5O3S/c1-15(2)21(16-5-8-18-19(13-16)31-12-11-30-18)24-20(29)14-32-23-26-25-22(27-9-3-4-10-27)28(23)17-6-7-17/h5,8,13,15,17,21H,3-4,6-7,9-12,14H2,1-2H3,(H,24,29). The molecule has 1 saturated heterocycles. The minimum atomic E-state index is -0.0969. The van der Waals surface area contributed by atoms with Crippen LogP contribution in [0.1, 0.15) is 57.2 Å². The lowest BCUT2D eigenvalue weighted by Crippen LogP contribution is -2.33. The molecule has 8 nitrogen and oxygen atoms in total. The molecule has 0 spiro atoms. The summed E-state index contributed by atoms with van der Waals surface area (Å²) < 4.78 is 13.6. The first-order valence-electron chi connectivity index (χ1n) is 11.6. The van der Waals surface area contributed by atoms with Crippen LogP contribution in [0.3, 0.4) is 0 Å². The maximum Gasteiger partial charge on any atom is 0.230 e. The van der Waals surface area contributed by atoms with Gasteiger partial charge in [-0.15, -0.1) is 10.2 Å². The normalized spacial score (nSPS) is 18.8. The number of hydrogen-bond acceptors (Lipinski definition) is 7. The van der Waals surface area contributed by atoms with Crippen LogP contribution in [0, 0.1) is 5.92 Å². The van der Waals surface area contributed by atoms with E-state index in [-0.39, 0.29) is 17.9 Å². The van der Waals surface area contributed by atoms with Crippen molar-refractivity contribution in [1.82, 2.24) is 20.1 Å². The highest BCUT2D eigenvalue weighted by molar-refractivity contribution is 7.99. The Morgan fingerprint density at radius 1 is 1.16 bits per heavy atom. The summed E-state index contributed by atoms with van der Waals surface area (Å²) in [5.41, 5.74) is 1.03. The second kappa shape index (κ2) is 9.21. The predicted molar refractivity (Wildman–Crippen MR) is 124 cm³/mol. The van der Waals surface area contributed by atoms with Crippen molar-refractivity contribution < 1.29 is 14.3 Å². The molecule has 0 radical (unpaired) electrons. The fourth-order valence-electron chi connectivity index (χ4n) is 4.39. The largest absolute Gasteiger partial charge is 0.486 e. The molecule has 1 aromatic carbocycles. The number of nitrogens with zero attached hydrogens (tertiary/aromatic N) is 4. The summed E-state index contributed by atoms with van der Waals surface area (Å²) >= 11 is 1.48. The highest BCUT2D eigenvalue weighted by Gasteiger charge is 2.32. The molecule has 3 heterocycles. The monoisotopic (exact) mass is 457 g/mol. The number of benzene rings is 1. The van der Waals surface area contributed by atoms with Crippen molar-refractivity contribution in [3.8, 4) is 11.5 Å². The second-order valence-electron chi connectivity index (χ2n) is 9.06. The Bertz CT molecular complexity index is 969. The van der Waals surface area contributed by atoms with Crippen LogP contribution in [-0.2, 0) is 4.79 Å². The van der Waals surface area contributed by atoms with Crippen molar-refractivity contribution in [2.24, 2.45) is 5.92 Å². The number of thioether (sulfide) groups is 1. The number of rotatable bonds is 8. The number of carbonyl (C=O) groups excluding carboxylic acids is 1. The van der Waals surface area contributed by atoms with Crippen LogP contribution >= 0.6 is 11.8 Å². The van der Waals surface area contributed by atoms with Gasteiger partial charge in [0.25, 0.3) is 0 Å². The van der Waals surface area contributed by atoms with Gasteiger partial charge < -0.3 is 19.7 Å². The van der Waals surface area contributed by atoms with E-state index in [0.717, 1.165) is 54.1 Å². The predicted octanol–water partition coefficient (Wildman–Crippen LogP) is 3.59. The molecule has 5 rings (SSSR count). The molecule has 1 N–H and O–H groups in total. The van der Waals surface area contributed by atoms with Crippen LogP contribution in [0.15, 0.2) is 23.4 Å². The molecule has 2 aromatic rings. The quantitative estimate of drug-likeness (QED) is 0.607. The number of amides is 1. The van der Waals surface area contributed by atoms with Crippen LogP contribution in [-0.4, -0.2) is 52.7 Å². The average molecular weight is 458 g/mol. The van der Waals surface area contributed by atoms with Crippen LogP contribution < -0.4 is 19.7 Å². The third kappa shape index (κ3) is 4.53. The number of ether oxygens (including phenoxy) is 2. The summed E-state index contributed by atoms with van der Waals surface area (Å²) in [6, 6.07) is 6.31. The molecule has 1 unspecified atom stereocenters. The Kier molecular flexibility index (Phi) is 6.17. The van der Waals surface area contributed by atoms with Gasteiger partial charge in [0.15, 0.2) is 16.7 Å². The zero-order valence-corrected chi connectivity index (χ0v) is 19.6. The summed E-state index contributed by atoms with van der Waals surface area (Å²) in [6.07, 6.45) is 4.74. The number of fused-ring (bicyclic) bond motifs is 1. The Balaban J connectivity index is 1.25. The van der Waals surface area contributed by atoms with E-state index >= 15 is 0 Å². The molecule has 2 fully saturated rings. The first-order valence-corrected chi connectivity index (χ1v) is 12.6. The zero-order chi connectivity index (χ0) is 22.1. The number of carbonyl (C=O) groups is 1. The topological polar surface area (TPSA) is 81.5 Å². The first kappa shape index (κ1) is 21.4. The number of nitrogens with one attached hydrogen (secondary N) is 1. The van der Waals surface area contributed by atoms with E-state index in [1.54, 1.807) is 0 Å². The lowest BCUT2D eigenvalue weighted by molar-refractivity contribution is -0.119. The molecule has 2 aliphatic heterocycles. The lowest BCUT2D eigenvalue weighted by Gasteiger charge is -2.25. The molecular formula is C23H31N5O3S. The SMILES string of the molecule is CC(C)C(NC(=O)CSc1nnc(N2CCCC2)n1C1CC1)c1ccc2c(c1)OCCO2. The smallest absolute Gasteiger partial charge is 0.230 e. The van der Waals surface area contributed by atoms with Crippen LogP contribution in [0.25, 0.3) is 0 Å². The van der Waals surface area contributed by atoms with Crippen molar-refractivity contribution in [1.29, 1.82) is 0 Å². The molecule has 1 amide bonds. The molecule has 0 bridgehead atoms. The van der Waals surface area contributed by atoms with Gasteiger partial charge in [-0.2, -0.15) is 0 Å². The lowest BCUT2D eigenvalue weighted by atomic mass is 9.95.